The smallest absolute Gasteiger partial charge is 0.348 e. The van der Waals surface area contributed by atoms with Gasteiger partial charge in [0.15, 0.2) is 5.65 Å². The number of H-pyrrole nitrogens is 1. The number of aromatic nitrogens is 3. The van der Waals surface area contributed by atoms with Crippen LogP contribution in [-0.2, 0) is 9.53 Å². The highest BCUT2D eigenvalue weighted by Crippen LogP contribution is 2.24. The lowest BCUT2D eigenvalue weighted by Gasteiger charge is -2.11. The van der Waals surface area contributed by atoms with E-state index in [2.05, 4.69) is 20.3 Å². The molecule has 2 heterocycles. The van der Waals surface area contributed by atoms with Gasteiger partial charge in [0.05, 0.1) is 12.0 Å². The highest BCUT2D eigenvalue weighted by Gasteiger charge is 2.10. The zero-order valence-electron chi connectivity index (χ0n) is 21.2. The van der Waals surface area contributed by atoms with Crippen molar-refractivity contribution in [1.29, 1.82) is 0 Å². The van der Waals surface area contributed by atoms with Gasteiger partial charge in [-0.3, -0.25) is 4.98 Å². The fourth-order valence-electron chi connectivity index (χ4n) is 3.02. The zero-order valence-corrected chi connectivity index (χ0v) is 21.2. The molecule has 3 rings (SSSR count). The fraction of sp³-hybridized carbons (Fsp3) is 0.333. The molecule has 0 bridgehead atoms. The molecule has 34 heavy (non-hydrogen) atoms. The number of hydrogen-bond donors (Lipinski definition) is 2. The van der Waals surface area contributed by atoms with Crippen LogP contribution in [0.25, 0.3) is 16.6 Å². The Bertz CT molecular complexity index is 1160. The van der Waals surface area contributed by atoms with E-state index in [-0.39, 0.29) is 5.97 Å². The number of carbonyl (C=O) groups excluding carboxylic acids is 1. The van der Waals surface area contributed by atoms with Gasteiger partial charge in [-0.25, -0.2) is 14.6 Å². The van der Waals surface area contributed by atoms with Gasteiger partial charge in [-0.1, -0.05) is 52.8 Å². The van der Waals surface area contributed by atoms with Gasteiger partial charge in [0.1, 0.15) is 5.82 Å². The first-order valence-electron chi connectivity index (χ1n) is 11.8. The summed E-state index contributed by atoms with van der Waals surface area (Å²) in [6.07, 6.45) is 6.00. The van der Waals surface area contributed by atoms with Crippen molar-refractivity contribution in [2.24, 2.45) is 0 Å². The van der Waals surface area contributed by atoms with E-state index in [4.69, 9.17) is 4.74 Å². The van der Waals surface area contributed by atoms with Gasteiger partial charge in [-0.2, -0.15) is 4.98 Å². The van der Waals surface area contributed by atoms with Crippen molar-refractivity contribution in [3.63, 3.8) is 0 Å². The summed E-state index contributed by atoms with van der Waals surface area (Å²) in [6, 6.07) is 11.3. The van der Waals surface area contributed by atoms with Gasteiger partial charge in [0, 0.05) is 17.5 Å². The standard InChI is InChI=1S/C23H24N4O3.2C2H6/c1-4-15(14-16(5-2)22(28)30-6-3)17-9-11-18(12-10-17)25-21-19-8-7-13-24-20(19)26-23(29)27-21;2*1-2/h4,7-14H,5-6H2,1-3H3,(H2,24,25,26,27,29);2*1-2H3/b15-4+,16-14+;;. The molecule has 0 radical (unpaired) electrons. The summed E-state index contributed by atoms with van der Waals surface area (Å²) >= 11 is 0. The van der Waals surface area contributed by atoms with Gasteiger partial charge in [-0.15, -0.1) is 0 Å². The van der Waals surface area contributed by atoms with Gasteiger partial charge in [0.25, 0.3) is 0 Å². The van der Waals surface area contributed by atoms with Gasteiger partial charge < -0.3 is 10.1 Å². The minimum Gasteiger partial charge on any atom is -0.463 e. The van der Waals surface area contributed by atoms with E-state index in [1.54, 1.807) is 19.2 Å². The largest absolute Gasteiger partial charge is 0.463 e. The number of ether oxygens (including phenoxy) is 1. The molecule has 2 aromatic heterocycles. The number of hydrogen-bond acceptors (Lipinski definition) is 6. The second-order valence-electron chi connectivity index (χ2n) is 6.48. The summed E-state index contributed by atoms with van der Waals surface area (Å²) < 4.78 is 5.12. The summed E-state index contributed by atoms with van der Waals surface area (Å²) in [4.78, 5) is 34.6. The minimum atomic E-state index is -0.465. The van der Waals surface area contributed by atoms with E-state index in [9.17, 15) is 9.59 Å². The zero-order chi connectivity index (χ0) is 25.5. The van der Waals surface area contributed by atoms with Gasteiger partial charge in [0.2, 0.25) is 0 Å². The van der Waals surface area contributed by atoms with Crippen molar-refractivity contribution in [3.8, 4) is 0 Å². The number of allylic oxidation sites excluding steroid dienone is 3. The fourth-order valence-corrected chi connectivity index (χ4v) is 3.02. The lowest BCUT2D eigenvalue weighted by Crippen LogP contribution is -2.13. The highest BCUT2D eigenvalue weighted by atomic mass is 16.5. The third-order valence-corrected chi connectivity index (χ3v) is 4.54. The molecule has 0 aliphatic heterocycles. The molecule has 7 nitrogen and oxygen atoms in total. The first-order chi connectivity index (χ1) is 16.5. The Hall–Kier alpha value is -3.74. The molecule has 0 amide bonds. The SMILES string of the molecule is C/C=C(\C=C(/CC)C(=O)OCC)c1ccc(Nc2[nH]c(=O)nc3ncccc23)cc1.CC.CC. The number of benzene rings is 1. The van der Waals surface area contributed by atoms with E-state index in [1.807, 2.05) is 84.0 Å². The maximum atomic E-state index is 12.1. The minimum absolute atomic E-state index is 0.292. The number of rotatable bonds is 7. The molecule has 0 aliphatic carbocycles. The Morgan fingerprint density at radius 1 is 1.09 bits per heavy atom. The summed E-state index contributed by atoms with van der Waals surface area (Å²) in [5, 5.41) is 3.94. The quantitative estimate of drug-likeness (QED) is 0.238. The summed E-state index contributed by atoms with van der Waals surface area (Å²) in [5.41, 5.74) is 3.23. The van der Waals surface area contributed by atoms with Crippen LogP contribution in [0.5, 0.6) is 0 Å². The Labute approximate surface area is 202 Å². The first kappa shape index (κ1) is 28.3. The van der Waals surface area contributed by atoms with E-state index in [0.717, 1.165) is 22.2 Å². The van der Waals surface area contributed by atoms with Crippen molar-refractivity contribution in [3.05, 3.63) is 76.4 Å². The monoisotopic (exact) mass is 464 g/mol. The molecule has 0 unspecified atom stereocenters. The average Bonchev–Trinajstić information content (AvgIpc) is 2.88. The molecule has 0 aliphatic rings. The van der Waals surface area contributed by atoms with E-state index >= 15 is 0 Å². The van der Waals surface area contributed by atoms with Gasteiger partial charge in [-0.05, 0) is 61.7 Å². The van der Waals surface area contributed by atoms with Crippen LogP contribution in [-0.4, -0.2) is 27.5 Å². The van der Waals surface area contributed by atoms with Crippen LogP contribution in [0.4, 0.5) is 11.5 Å². The van der Waals surface area contributed by atoms with Crippen molar-refractivity contribution in [2.45, 2.75) is 54.9 Å². The number of anilines is 2. The molecule has 2 N–H and O–H groups in total. The lowest BCUT2D eigenvalue weighted by atomic mass is 10.0. The topological polar surface area (TPSA) is 97.0 Å². The molecule has 1 aromatic carbocycles. The average molecular weight is 465 g/mol. The van der Waals surface area contributed by atoms with Crippen LogP contribution in [0.3, 0.4) is 0 Å². The maximum Gasteiger partial charge on any atom is 0.348 e. The number of esters is 1. The lowest BCUT2D eigenvalue weighted by molar-refractivity contribution is -0.138. The molecule has 0 saturated heterocycles. The van der Waals surface area contributed by atoms with E-state index in [1.165, 1.54) is 0 Å². The second kappa shape index (κ2) is 15.2. The Morgan fingerprint density at radius 2 is 1.76 bits per heavy atom. The number of carbonyl (C=O) groups is 1. The summed E-state index contributed by atoms with van der Waals surface area (Å²) in [6.45, 7) is 14.0. The molecule has 0 atom stereocenters. The number of aromatic amines is 1. The summed E-state index contributed by atoms with van der Waals surface area (Å²) in [5.74, 6) is 0.243. The van der Waals surface area contributed by atoms with Crippen LogP contribution in [0.15, 0.2) is 65.1 Å². The summed E-state index contributed by atoms with van der Waals surface area (Å²) in [7, 11) is 0. The molecule has 0 spiro atoms. The molecule has 7 heteroatoms. The van der Waals surface area contributed by atoms with Crippen LogP contribution in [0.2, 0.25) is 0 Å². The molecule has 182 valence electrons. The van der Waals surface area contributed by atoms with E-state index in [0.29, 0.717) is 30.1 Å². The predicted molar refractivity (Wildman–Crippen MR) is 141 cm³/mol. The number of nitrogens with one attached hydrogen (secondary N) is 2. The van der Waals surface area contributed by atoms with Crippen molar-refractivity contribution < 1.29 is 9.53 Å². The predicted octanol–water partition coefficient (Wildman–Crippen LogP) is 6.42. The molecular weight excluding hydrogens is 428 g/mol. The third kappa shape index (κ3) is 7.69. The molecule has 0 fully saturated rings. The van der Waals surface area contributed by atoms with E-state index < -0.39 is 5.69 Å². The number of fused-ring (bicyclic) bond motifs is 1. The molecule has 3 aromatic rings. The van der Waals surface area contributed by atoms with Crippen molar-refractivity contribution in [2.75, 3.05) is 11.9 Å². The van der Waals surface area contributed by atoms with Crippen LogP contribution in [0.1, 0.15) is 60.5 Å². The number of nitrogens with zero attached hydrogens (tertiary/aromatic N) is 2. The van der Waals surface area contributed by atoms with Crippen molar-refractivity contribution in [1.82, 2.24) is 15.0 Å². The van der Waals surface area contributed by atoms with Crippen LogP contribution < -0.4 is 11.0 Å². The van der Waals surface area contributed by atoms with Crippen LogP contribution >= 0.6 is 0 Å². The molecular formula is C27H36N4O3. The molecule has 0 saturated carbocycles. The Balaban J connectivity index is 0.00000137. The Kier molecular flexibility index (Phi) is 12.6. The highest BCUT2D eigenvalue weighted by molar-refractivity contribution is 5.93. The Morgan fingerprint density at radius 3 is 2.35 bits per heavy atom. The maximum absolute atomic E-state index is 12.1. The second-order valence-corrected chi connectivity index (χ2v) is 6.48. The number of pyridine rings is 1. The van der Waals surface area contributed by atoms with Gasteiger partial charge >= 0.3 is 11.7 Å². The normalized spacial score (nSPS) is 11.0. The van der Waals surface area contributed by atoms with Crippen molar-refractivity contribution >= 4 is 34.1 Å². The first-order valence-corrected chi connectivity index (χ1v) is 11.8. The third-order valence-electron chi connectivity index (χ3n) is 4.54. The van der Waals surface area contributed by atoms with Crippen LogP contribution in [0, 0.1) is 0 Å².